The molecule has 0 radical (unpaired) electrons. The maximum absolute atomic E-state index is 12.2. The molecule has 0 aliphatic rings. The van der Waals surface area contributed by atoms with Crippen LogP contribution in [0.4, 0.5) is 5.69 Å². The summed E-state index contributed by atoms with van der Waals surface area (Å²) < 4.78 is 0.922. The number of para-hydroxylation sites is 1. The van der Waals surface area contributed by atoms with Crippen molar-refractivity contribution in [3.8, 4) is 5.75 Å². The predicted molar refractivity (Wildman–Crippen MR) is 72.1 cm³/mol. The van der Waals surface area contributed by atoms with E-state index in [0.717, 1.165) is 10.3 Å². The fourth-order valence-electron chi connectivity index (χ4n) is 1.89. The average Bonchev–Trinajstić information content (AvgIpc) is 2.41. The highest BCUT2D eigenvalue weighted by atomic mass is 16.5. The number of carbonyl (C=O) groups is 1. The summed E-state index contributed by atoms with van der Waals surface area (Å²) in [6, 6.07) is 8.11. The molecule has 104 valence electrons. The molecule has 4 N–H and O–H groups in total. The lowest BCUT2D eigenvalue weighted by atomic mass is 10.1. The third kappa shape index (κ3) is 2.80. The van der Waals surface area contributed by atoms with Crippen LogP contribution in [0, 0.1) is 0 Å². The Labute approximate surface area is 116 Å². The van der Waals surface area contributed by atoms with Gasteiger partial charge in [-0.1, -0.05) is 6.07 Å². The number of anilines is 1. The molecule has 0 bridgehead atoms. The van der Waals surface area contributed by atoms with E-state index in [0.29, 0.717) is 6.54 Å². The van der Waals surface area contributed by atoms with Crippen molar-refractivity contribution in [2.45, 2.75) is 6.54 Å². The molecule has 2 aromatic rings. The number of aromatic nitrogens is 1. The van der Waals surface area contributed by atoms with E-state index in [2.05, 4.69) is 0 Å². The molecule has 1 heterocycles. The van der Waals surface area contributed by atoms with Gasteiger partial charge in [-0.15, -0.1) is 0 Å². The van der Waals surface area contributed by atoms with Crippen molar-refractivity contribution in [3.63, 3.8) is 0 Å². The number of nitrogens with two attached hydrogens (primary N) is 1. The monoisotopic (exact) mass is 274 g/mol. The number of aromatic hydroxyl groups is 1. The van der Waals surface area contributed by atoms with Gasteiger partial charge in [0.25, 0.3) is 5.91 Å². The standard InChI is InChI=1S/C14H15N3O3/c1-16(8-10-4-3-7-17(20)9-10)14(19)11-5-2-6-12(15)13(11)18/h2-7,9H,8,15H2,1H3,(H-,18,19,20)/p+1. The molecule has 0 saturated carbocycles. The zero-order valence-electron chi connectivity index (χ0n) is 11.0. The van der Waals surface area contributed by atoms with Gasteiger partial charge in [-0.3, -0.25) is 10.0 Å². The van der Waals surface area contributed by atoms with Crippen LogP contribution in [-0.2, 0) is 6.54 Å². The Kier molecular flexibility index (Phi) is 3.74. The van der Waals surface area contributed by atoms with Crippen molar-refractivity contribution in [1.29, 1.82) is 0 Å². The van der Waals surface area contributed by atoms with Crippen LogP contribution in [0.5, 0.6) is 5.75 Å². The molecule has 1 amide bonds. The quantitative estimate of drug-likeness (QED) is 0.334. The highest BCUT2D eigenvalue weighted by Crippen LogP contribution is 2.25. The largest absolute Gasteiger partial charge is 0.505 e. The van der Waals surface area contributed by atoms with E-state index in [4.69, 9.17) is 5.73 Å². The number of phenolic OH excluding ortho intramolecular Hbond substituents is 1. The fourth-order valence-corrected chi connectivity index (χ4v) is 1.89. The van der Waals surface area contributed by atoms with Gasteiger partial charge in [-0.2, -0.15) is 0 Å². The highest BCUT2D eigenvalue weighted by molar-refractivity contribution is 5.98. The Morgan fingerprint density at radius 1 is 1.35 bits per heavy atom. The van der Waals surface area contributed by atoms with Crippen LogP contribution in [0.25, 0.3) is 0 Å². The number of nitrogens with zero attached hydrogens (tertiary/aromatic N) is 2. The molecule has 1 aromatic heterocycles. The van der Waals surface area contributed by atoms with Crippen molar-refractivity contribution >= 4 is 11.6 Å². The van der Waals surface area contributed by atoms with Gasteiger partial charge in [0.05, 0.1) is 17.8 Å². The zero-order valence-corrected chi connectivity index (χ0v) is 11.0. The smallest absolute Gasteiger partial charge is 0.257 e. The molecule has 0 aliphatic carbocycles. The molecule has 6 nitrogen and oxygen atoms in total. The van der Waals surface area contributed by atoms with Crippen LogP contribution >= 0.6 is 0 Å². The second kappa shape index (κ2) is 5.48. The van der Waals surface area contributed by atoms with E-state index in [1.165, 1.54) is 29.4 Å². The summed E-state index contributed by atoms with van der Waals surface area (Å²) in [4.78, 5) is 13.7. The van der Waals surface area contributed by atoms with Crippen LogP contribution in [0.15, 0.2) is 42.7 Å². The molecule has 0 fully saturated rings. The Balaban J connectivity index is 2.19. The number of pyridine rings is 1. The Bertz CT molecular complexity index is 643. The first-order valence-electron chi connectivity index (χ1n) is 6.01. The molecule has 20 heavy (non-hydrogen) atoms. The van der Waals surface area contributed by atoms with Crippen molar-refractivity contribution < 1.29 is 19.8 Å². The number of nitrogen functional groups attached to an aromatic ring is 1. The van der Waals surface area contributed by atoms with E-state index in [9.17, 15) is 15.1 Å². The molecule has 0 saturated heterocycles. The number of phenols is 1. The molecule has 1 aromatic carbocycles. The summed E-state index contributed by atoms with van der Waals surface area (Å²) in [5.74, 6) is -0.558. The van der Waals surface area contributed by atoms with Crippen molar-refractivity contribution in [2.75, 3.05) is 12.8 Å². The first kappa shape index (κ1) is 13.7. The first-order chi connectivity index (χ1) is 9.49. The lowest BCUT2D eigenvalue weighted by Gasteiger charge is -2.17. The molecule has 0 atom stereocenters. The van der Waals surface area contributed by atoms with E-state index in [1.54, 1.807) is 25.2 Å². The number of carbonyl (C=O) groups excluding carboxylic acids is 1. The van der Waals surface area contributed by atoms with Crippen LogP contribution in [0.1, 0.15) is 15.9 Å². The van der Waals surface area contributed by atoms with Crippen LogP contribution in [-0.4, -0.2) is 28.2 Å². The lowest BCUT2D eigenvalue weighted by molar-refractivity contribution is -0.905. The van der Waals surface area contributed by atoms with Crippen molar-refractivity contribution in [2.24, 2.45) is 0 Å². The second-order valence-corrected chi connectivity index (χ2v) is 4.50. The Morgan fingerprint density at radius 2 is 2.10 bits per heavy atom. The molecule has 6 heteroatoms. The van der Waals surface area contributed by atoms with E-state index < -0.39 is 0 Å². The van der Waals surface area contributed by atoms with E-state index in [-0.39, 0.29) is 22.9 Å². The number of rotatable bonds is 3. The minimum Gasteiger partial charge on any atom is -0.505 e. The van der Waals surface area contributed by atoms with Crippen LogP contribution < -0.4 is 10.5 Å². The minimum absolute atomic E-state index is 0.153. The molecular formula is C14H16N3O3+. The second-order valence-electron chi connectivity index (χ2n) is 4.50. The number of hydrogen-bond acceptors (Lipinski definition) is 4. The van der Waals surface area contributed by atoms with Gasteiger partial charge in [0.1, 0.15) is 0 Å². The highest BCUT2D eigenvalue weighted by Gasteiger charge is 2.18. The maximum atomic E-state index is 12.2. The summed E-state index contributed by atoms with van der Waals surface area (Å²) in [5, 5.41) is 19.1. The third-order valence-corrected chi connectivity index (χ3v) is 2.91. The Hall–Kier alpha value is -2.76. The normalized spacial score (nSPS) is 10.2. The SMILES string of the molecule is CN(Cc1ccc[n+](O)c1)C(=O)c1cccc(N)c1O. The number of hydrogen-bond donors (Lipinski definition) is 3. The summed E-state index contributed by atoms with van der Waals surface area (Å²) in [7, 11) is 1.61. The summed E-state index contributed by atoms with van der Waals surface area (Å²) in [5.41, 5.74) is 6.65. The third-order valence-electron chi connectivity index (χ3n) is 2.91. The van der Waals surface area contributed by atoms with Crippen molar-refractivity contribution in [1.82, 2.24) is 4.90 Å². The fraction of sp³-hybridized carbons (Fsp3) is 0.143. The average molecular weight is 274 g/mol. The number of benzene rings is 1. The van der Waals surface area contributed by atoms with E-state index in [1.807, 2.05) is 0 Å². The molecule has 0 aliphatic heterocycles. The minimum atomic E-state index is -0.344. The van der Waals surface area contributed by atoms with Gasteiger partial charge >= 0.3 is 0 Å². The molecule has 0 unspecified atom stereocenters. The molecule has 0 spiro atoms. The van der Waals surface area contributed by atoms with Gasteiger partial charge in [0, 0.05) is 23.4 Å². The van der Waals surface area contributed by atoms with Crippen LogP contribution in [0.3, 0.4) is 0 Å². The van der Waals surface area contributed by atoms with Gasteiger partial charge < -0.3 is 15.7 Å². The van der Waals surface area contributed by atoms with Gasteiger partial charge in [-0.05, 0) is 18.2 Å². The summed E-state index contributed by atoms with van der Waals surface area (Å²) in [6.07, 6.45) is 2.98. The van der Waals surface area contributed by atoms with Gasteiger partial charge in [0.2, 0.25) is 12.4 Å². The van der Waals surface area contributed by atoms with Crippen molar-refractivity contribution in [3.05, 3.63) is 53.9 Å². The lowest BCUT2D eigenvalue weighted by Crippen LogP contribution is -2.31. The van der Waals surface area contributed by atoms with Crippen LogP contribution in [0.2, 0.25) is 0 Å². The summed E-state index contributed by atoms with van der Waals surface area (Å²) >= 11 is 0. The van der Waals surface area contributed by atoms with E-state index >= 15 is 0 Å². The Morgan fingerprint density at radius 3 is 2.80 bits per heavy atom. The molecule has 2 rings (SSSR count). The number of amides is 1. The van der Waals surface area contributed by atoms with Gasteiger partial charge in [-0.25, -0.2) is 0 Å². The summed E-state index contributed by atoms with van der Waals surface area (Å²) in [6.45, 7) is 0.300. The molecular weight excluding hydrogens is 258 g/mol. The van der Waals surface area contributed by atoms with Gasteiger partial charge in [0.15, 0.2) is 5.75 Å². The zero-order chi connectivity index (χ0) is 14.7. The first-order valence-corrected chi connectivity index (χ1v) is 6.01. The topological polar surface area (TPSA) is 90.7 Å². The maximum Gasteiger partial charge on any atom is 0.257 e. The predicted octanol–water partition coefficient (Wildman–Crippen LogP) is 0.771.